The zero-order valence-corrected chi connectivity index (χ0v) is 22.0. The first kappa shape index (κ1) is 28.7. The summed E-state index contributed by atoms with van der Waals surface area (Å²) in [4.78, 5) is 31.8. The summed E-state index contributed by atoms with van der Waals surface area (Å²) in [5.74, 6) is -2.26. The number of carbonyl (C=O) groups is 3. The van der Waals surface area contributed by atoms with Crippen LogP contribution in [0.15, 0.2) is 60.7 Å². The number of halogens is 1. The average molecular weight is 538 g/mol. The molecule has 0 atom stereocenters. The van der Waals surface area contributed by atoms with Crippen LogP contribution in [0.2, 0.25) is 5.02 Å². The maximum atomic E-state index is 12.5. The first-order chi connectivity index (χ1) is 18.2. The summed E-state index contributed by atoms with van der Waals surface area (Å²) < 4.78 is 0. The van der Waals surface area contributed by atoms with Gasteiger partial charge in [0.1, 0.15) is 0 Å². The Labute approximate surface area is 227 Å². The molecule has 0 bridgehead atoms. The fourth-order valence-electron chi connectivity index (χ4n) is 3.95. The number of aryl methyl sites for hydroxylation is 1. The third-order valence-corrected chi connectivity index (χ3v) is 6.34. The van der Waals surface area contributed by atoms with Gasteiger partial charge in [0.15, 0.2) is 0 Å². The Bertz CT molecular complexity index is 1250. The summed E-state index contributed by atoms with van der Waals surface area (Å²) in [5.41, 5.74) is 7.39. The Balaban J connectivity index is 0.000000436. The molecule has 0 aromatic heterocycles. The van der Waals surface area contributed by atoms with Crippen molar-refractivity contribution in [2.45, 2.75) is 39.2 Å². The Morgan fingerprint density at radius 1 is 0.868 bits per heavy atom. The lowest BCUT2D eigenvalue weighted by molar-refractivity contribution is -0.143. The Kier molecular flexibility index (Phi) is 10.7. The van der Waals surface area contributed by atoms with Gasteiger partial charge in [0, 0.05) is 17.8 Å². The number of aliphatic carboxylic acids is 2. The van der Waals surface area contributed by atoms with Crippen molar-refractivity contribution in [2.75, 3.05) is 23.7 Å². The van der Waals surface area contributed by atoms with Crippen LogP contribution in [0.25, 0.3) is 0 Å². The highest BCUT2D eigenvalue weighted by Gasteiger charge is 2.15. The van der Waals surface area contributed by atoms with E-state index in [0.717, 1.165) is 53.5 Å². The van der Waals surface area contributed by atoms with Gasteiger partial charge in [0.2, 0.25) is 0 Å². The molecular formula is C29H32ClN3O5. The second-order valence-electron chi connectivity index (χ2n) is 8.97. The van der Waals surface area contributed by atoms with Crippen molar-refractivity contribution in [1.29, 1.82) is 0 Å². The largest absolute Gasteiger partial charge is 0.481 e. The topological polar surface area (TPSA) is 128 Å². The normalized spacial score (nSPS) is 12.3. The van der Waals surface area contributed by atoms with E-state index in [2.05, 4.69) is 22.0 Å². The smallest absolute Gasteiger partial charge is 0.303 e. The van der Waals surface area contributed by atoms with Gasteiger partial charge in [-0.3, -0.25) is 14.4 Å². The summed E-state index contributed by atoms with van der Waals surface area (Å²) in [6.45, 7) is 4.64. The predicted molar refractivity (Wildman–Crippen MR) is 149 cm³/mol. The number of nitrogens with one attached hydrogen (secondary N) is 3. The van der Waals surface area contributed by atoms with E-state index < -0.39 is 11.9 Å². The third kappa shape index (κ3) is 8.90. The van der Waals surface area contributed by atoms with Crippen molar-refractivity contribution in [3.05, 3.63) is 93.5 Å². The Hall–Kier alpha value is -3.88. The summed E-state index contributed by atoms with van der Waals surface area (Å²) in [6, 6.07) is 19.6. The highest BCUT2D eigenvalue weighted by molar-refractivity contribution is 6.33. The Morgan fingerprint density at radius 2 is 1.50 bits per heavy atom. The second-order valence-corrected chi connectivity index (χ2v) is 9.38. The molecule has 3 aromatic rings. The number of hydrogen-bond donors (Lipinski definition) is 5. The molecule has 0 fully saturated rings. The second kappa shape index (κ2) is 14.2. The number of carboxylic acid groups (broad SMARTS) is 2. The van der Waals surface area contributed by atoms with Gasteiger partial charge in [0.05, 0.1) is 23.6 Å². The number of amides is 1. The first-order valence-electron chi connectivity index (χ1n) is 12.4. The van der Waals surface area contributed by atoms with Crippen molar-refractivity contribution in [2.24, 2.45) is 0 Å². The molecule has 9 heteroatoms. The number of benzene rings is 3. The summed E-state index contributed by atoms with van der Waals surface area (Å²) >= 11 is 6.50. The van der Waals surface area contributed by atoms with Crippen LogP contribution in [0.1, 0.15) is 45.5 Å². The number of anilines is 2. The van der Waals surface area contributed by atoms with E-state index in [1.807, 2.05) is 61.5 Å². The number of carbonyl (C=O) groups excluding carboxylic acids is 1. The minimum absolute atomic E-state index is 0.109. The fourth-order valence-corrected chi connectivity index (χ4v) is 4.20. The number of hydrogen-bond acceptors (Lipinski definition) is 5. The van der Waals surface area contributed by atoms with Crippen molar-refractivity contribution >= 4 is 40.8 Å². The molecule has 0 spiro atoms. The average Bonchev–Trinajstić information content (AvgIpc) is 3.15. The van der Waals surface area contributed by atoms with Gasteiger partial charge in [-0.1, -0.05) is 47.5 Å². The lowest BCUT2D eigenvalue weighted by Crippen LogP contribution is -2.16. The molecule has 38 heavy (non-hydrogen) atoms. The van der Waals surface area contributed by atoms with E-state index in [1.54, 1.807) is 0 Å². The summed E-state index contributed by atoms with van der Waals surface area (Å²) in [5, 5.41) is 26.4. The molecular weight excluding hydrogens is 506 g/mol. The highest BCUT2D eigenvalue weighted by atomic mass is 35.5. The van der Waals surface area contributed by atoms with Crippen molar-refractivity contribution < 1.29 is 24.6 Å². The molecule has 0 unspecified atom stereocenters. The SMILES string of the molecule is Cc1ccc(NC(=O)c2ccc(CNc3c(Cl)ccc4c3CCNCC4)cc2)cc1.O=C(O)CCC(=O)O. The summed E-state index contributed by atoms with van der Waals surface area (Å²) in [7, 11) is 0. The van der Waals surface area contributed by atoms with E-state index in [9.17, 15) is 14.4 Å². The molecule has 4 rings (SSSR count). The van der Waals surface area contributed by atoms with Gasteiger partial charge in [0.25, 0.3) is 5.91 Å². The van der Waals surface area contributed by atoms with Gasteiger partial charge in [-0.05, 0) is 79.9 Å². The van der Waals surface area contributed by atoms with Crippen LogP contribution in [-0.2, 0) is 29.0 Å². The molecule has 0 radical (unpaired) electrons. The molecule has 1 aliphatic heterocycles. The van der Waals surface area contributed by atoms with E-state index in [1.165, 1.54) is 11.1 Å². The zero-order valence-electron chi connectivity index (χ0n) is 21.2. The summed E-state index contributed by atoms with van der Waals surface area (Å²) in [6.07, 6.45) is 1.40. The zero-order chi connectivity index (χ0) is 27.5. The van der Waals surface area contributed by atoms with Crippen LogP contribution in [0.3, 0.4) is 0 Å². The van der Waals surface area contributed by atoms with Crippen molar-refractivity contribution in [3.63, 3.8) is 0 Å². The van der Waals surface area contributed by atoms with Crippen molar-refractivity contribution in [1.82, 2.24) is 5.32 Å². The van der Waals surface area contributed by atoms with Crippen molar-refractivity contribution in [3.8, 4) is 0 Å². The number of fused-ring (bicyclic) bond motifs is 1. The van der Waals surface area contributed by atoms with Crippen LogP contribution in [0.5, 0.6) is 0 Å². The molecule has 5 N–H and O–H groups in total. The maximum absolute atomic E-state index is 12.5. The van der Waals surface area contributed by atoms with Gasteiger partial charge >= 0.3 is 11.9 Å². The lowest BCUT2D eigenvalue weighted by Gasteiger charge is -2.16. The minimum atomic E-state index is -1.08. The fraction of sp³-hybridized carbons (Fsp3) is 0.276. The highest BCUT2D eigenvalue weighted by Crippen LogP contribution is 2.31. The lowest BCUT2D eigenvalue weighted by atomic mass is 10.0. The van der Waals surface area contributed by atoms with Crippen LogP contribution in [0, 0.1) is 6.92 Å². The third-order valence-electron chi connectivity index (χ3n) is 6.03. The molecule has 1 aliphatic rings. The molecule has 200 valence electrons. The molecule has 3 aromatic carbocycles. The van der Waals surface area contributed by atoms with E-state index >= 15 is 0 Å². The molecule has 1 heterocycles. The van der Waals surface area contributed by atoms with Crippen LogP contribution >= 0.6 is 11.6 Å². The van der Waals surface area contributed by atoms with E-state index in [4.69, 9.17) is 21.8 Å². The minimum Gasteiger partial charge on any atom is -0.481 e. The molecule has 1 amide bonds. The molecule has 0 saturated heterocycles. The van der Waals surface area contributed by atoms with E-state index in [-0.39, 0.29) is 18.7 Å². The quantitative estimate of drug-likeness (QED) is 0.269. The van der Waals surface area contributed by atoms with Gasteiger partial charge in [-0.2, -0.15) is 0 Å². The standard InChI is InChI=1S/C25H26ClN3O.C4H6O4/c1-17-2-9-21(10-3-17)29-25(30)20-6-4-18(5-7-20)16-28-24-22-13-15-27-14-12-19(22)8-11-23(24)26;5-3(6)1-2-4(7)8/h2-11,27-28H,12-16H2,1H3,(H,29,30);1-2H2,(H,5,6)(H,7,8). The Morgan fingerprint density at radius 3 is 2.13 bits per heavy atom. The molecule has 8 nitrogen and oxygen atoms in total. The van der Waals surface area contributed by atoms with Crippen LogP contribution in [0.4, 0.5) is 11.4 Å². The van der Waals surface area contributed by atoms with Crippen LogP contribution in [-0.4, -0.2) is 41.1 Å². The maximum Gasteiger partial charge on any atom is 0.303 e. The first-order valence-corrected chi connectivity index (χ1v) is 12.8. The number of carboxylic acids is 2. The molecule has 0 aliphatic carbocycles. The number of rotatable bonds is 8. The van der Waals surface area contributed by atoms with E-state index in [0.29, 0.717) is 12.1 Å². The van der Waals surface area contributed by atoms with Gasteiger partial charge in [-0.15, -0.1) is 0 Å². The monoisotopic (exact) mass is 537 g/mol. The van der Waals surface area contributed by atoms with Crippen LogP contribution < -0.4 is 16.0 Å². The molecule has 0 saturated carbocycles. The predicted octanol–water partition coefficient (Wildman–Crippen LogP) is 5.14. The van der Waals surface area contributed by atoms with Gasteiger partial charge in [-0.25, -0.2) is 0 Å². The van der Waals surface area contributed by atoms with Gasteiger partial charge < -0.3 is 26.2 Å².